The van der Waals surface area contributed by atoms with Crippen molar-refractivity contribution in [2.24, 2.45) is 0 Å². The van der Waals surface area contributed by atoms with E-state index in [-0.39, 0.29) is 12.4 Å². The van der Waals surface area contributed by atoms with Gasteiger partial charge in [0.2, 0.25) is 10.0 Å². The standard InChI is InChI=1S/C12H14N2O2S.ClH/c1-17(15,16)14-11-5-3-2-4-9(11)10-8-13-7-6-12(10)14;/h2-5,13H,6-8H2,1H3;1H. The number of rotatable bonds is 1. The molecule has 1 N–H and O–H groups in total. The van der Waals surface area contributed by atoms with Crippen LogP contribution in [-0.4, -0.2) is 25.2 Å². The Hall–Kier alpha value is -1.04. The van der Waals surface area contributed by atoms with Gasteiger partial charge in [-0.25, -0.2) is 12.4 Å². The van der Waals surface area contributed by atoms with Crippen LogP contribution >= 0.6 is 12.4 Å². The molecule has 2 heterocycles. The zero-order valence-electron chi connectivity index (χ0n) is 10.0. The Morgan fingerprint density at radius 2 is 2.00 bits per heavy atom. The fourth-order valence-corrected chi connectivity index (χ4v) is 3.70. The Bertz CT molecular complexity index is 691. The normalized spacial score (nSPS) is 15.2. The second-order valence-corrected chi connectivity index (χ2v) is 6.23. The third kappa shape index (κ3) is 1.92. The van der Waals surface area contributed by atoms with Crippen LogP contribution in [0.25, 0.3) is 10.9 Å². The van der Waals surface area contributed by atoms with E-state index < -0.39 is 10.0 Å². The lowest BCUT2D eigenvalue weighted by Gasteiger charge is -2.15. The molecule has 3 rings (SSSR count). The van der Waals surface area contributed by atoms with E-state index in [0.29, 0.717) is 0 Å². The first-order valence-corrected chi connectivity index (χ1v) is 7.46. The van der Waals surface area contributed by atoms with E-state index in [9.17, 15) is 8.42 Å². The van der Waals surface area contributed by atoms with Crippen LogP contribution in [-0.2, 0) is 23.0 Å². The summed E-state index contributed by atoms with van der Waals surface area (Å²) in [5.74, 6) is 0. The average molecular weight is 287 g/mol. The molecular formula is C12H15ClN2O2S. The minimum atomic E-state index is -3.24. The summed E-state index contributed by atoms with van der Waals surface area (Å²) in [6, 6.07) is 7.68. The summed E-state index contributed by atoms with van der Waals surface area (Å²) in [6.45, 7) is 1.58. The topological polar surface area (TPSA) is 51.1 Å². The van der Waals surface area contributed by atoms with Crippen molar-refractivity contribution in [2.45, 2.75) is 13.0 Å². The molecule has 0 atom stereocenters. The predicted molar refractivity (Wildman–Crippen MR) is 74.8 cm³/mol. The quantitative estimate of drug-likeness (QED) is 0.865. The SMILES string of the molecule is CS(=O)(=O)n1c2c(c3ccccc31)CNCC2.Cl. The zero-order chi connectivity index (χ0) is 12.0. The van der Waals surface area contributed by atoms with Crippen molar-refractivity contribution in [3.8, 4) is 0 Å². The molecule has 4 nitrogen and oxygen atoms in total. The van der Waals surface area contributed by atoms with Gasteiger partial charge in [-0.15, -0.1) is 12.4 Å². The molecule has 0 spiro atoms. The van der Waals surface area contributed by atoms with E-state index in [1.165, 1.54) is 10.2 Å². The minimum absolute atomic E-state index is 0. The molecule has 98 valence electrons. The molecule has 2 aromatic rings. The highest BCUT2D eigenvalue weighted by Crippen LogP contribution is 2.29. The molecule has 0 fully saturated rings. The van der Waals surface area contributed by atoms with Crippen molar-refractivity contribution in [1.82, 2.24) is 9.29 Å². The molecule has 0 radical (unpaired) electrons. The molecule has 18 heavy (non-hydrogen) atoms. The number of fused-ring (bicyclic) bond motifs is 3. The highest BCUT2D eigenvalue weighted by Gasteiger charge is 2.23. The van der Waals surface area contributed by atoms with Gasteiger partial charge in [0.15, 0.2) is 0 Å². The molecule has 1 aromatic heterocycles. The average Bonchev–Trinajstić information content (AvgIpc) is 2.63. The van der Waals surface area contributed by atoms with Gasteiger partial charge in [0.05, 0.1) is 11.8 Å². The number of benzene rings is 1. The third-order valence-electron chi connectivity index (χ3n) is 3.21. The van der Waals surface area contributed by atoms with Crippen molar-refractivity contribution in [2.75, 3.05) is 12.8 Å². The van der Waals surface area contributed by atoms with Gasteiger partial charge in [0.1, 0.15) is 0 Å². The number of hydrogen-bond acceptors (Lipinski definition) is 3. The zero-order valence-corrected chi connectivity index (χ0v) is 11.6. The fourth-order valence-electron chi connectivity index (χ4n) is 2.58. The molecule has 1 aliphatic rings. The van der Waals surface area contributed by atoms with Gasteiger partial charge in [0, 0.05) is 30.6 Å². The first-order chi connectivity index (χ1) is 8.09. The van der Waals surface area contributed by atoms with Crippen LogP contribution in [0.3, 0.4) is 0 Å². The Balaban J connectivity index is 0.00000120. The van der Waals surface area contributed by atoms with Gasteiger partial charge in [-0.3, -0.25) is 0 Å². The Labute approximate surface area is 112 Å². The van der Waals surface area contributed by atoms with Gasteiger partial charge < -0.3 is 5.32 Å². The smallest absolute Gasteiger partial charge is 0.236 e. The molecule has 1 aromatic carbocycles. The van der Waals surface area contributed by atoms with E-state index in [1.54, 1.807) is 0 Å². The second-order valence-electron chi connectivity index (χ2n) is 4.40. The van der Waals surface area contributed by atoms with Gasteiger partial charge in [-0.05, 0) is 11.6 Å². The van der Waals surface area contributed by atoms with Crippen molar-refractivity contribution in [1.29, 1.82) is 0 Å². The maximum absolute atomic E-state index is 11.9. The van der Waals surface area contributed by atoms with Crippen molar-refractivity contribution in [3.05, 3.63) is 35.5 Å². The van der Waals surface area contributed by atoms with Crippen LogP contribution in [0.15, 0.2) is 24.3 Å². The maximum atomic E-state index is 11.9. The Morgan fingerprint density at radius 3 is 2.72 bits per heavy atom. The molecular weight excluding hydrogens is 272 g/mol. The highest BCUT2D eigenvalue weighted by molar-refractivity contribution is 7.89. The number of para-hydroxylation sites is 1. The number of nitrogens with zero attached hydrogens (tertiary/aromatic N) is 1. The van der Waals surface area contributed by atoms with Crippen LogP contribution in [0.5, 0.6) is 0 Å². The number of nitrogens with one attached hydrogen (secondary N) is 1. The van der Waals surface area contributed by atoms with Gasteiger partial charge >= 0.3 is 0 Å². The molecule has 0 bridgehead atoms. The van der Waals surface area contributed by atoms with Crippen LogP contribution < -0.4 is 5.32 Å². The van der Waals surface area contributed by atoms with Crippen molar-refractivity contribution < 1.29 is 8.42 Å². The van der Waals surface area contributed by atoms with E-state index in [0.717, 1.165) is 41.7 Å². The molecule has 0 amide bonds. The van der Waals surface area contributed by atoms with Crippen LogP contribution in [0.4, 0.5) is 0 Å². The largest absolute Gasteiger partial charge is 0.312 e. The Morgan fingerprint density at radius 1 is 1.28 bits per heavy atom. The maximum Gasteiger partial charge on any atom is 0.236 e. The molecule has 6 heteroatoms. The summed E-state index contributed by atoms with van der Waals surface area (Å²) in [5, 5.41) is 4.33. The van der Waals surface area contributed by atoms with Gasteiger partial charge in [-0.1, -0.05) is 18.2 Å². The summed E-state index contributed by atoms with van der Waals surface area (Å²) >= 11 is 0. The number of halogens is 1. The summed E-state index contributed by atoms with van der Waals surface area (Å²) in [7, 11) is -3.24. The first kappa shape index (κ1) is 13.4. The third-order valence-corrected chi connectivity index (χ3v) is 4.29. The van der Waals surface area contributed by atoms with Crippen molar-refractivity contribution in [3.63, 3.8) is 0 Å². The molecule has 1 aliphatic heterocycles. The number of aromatic nitrogens is 1. The van der Waals surface area contributed by atoms with E-state index >= 15 is 0 Å². The van der Waals surface area contributed by atoms with Crippen LogP contribution in [0, 0.1) is 0 Å². The lowest BCUT2D eigenvalue weighted by Crippen LogP contribution is -2.26. The monoisotopic (exact) mass is 286 g/mol. The van der Waals surface area contributed by atoms with Gasteiger partial charge in [-0.2, -0.15) is 0 Å². The summed E-state index contributed by atoms with van der Waals surface area (Å²) in [4.78, 5) is 0. The van der Waals surface area contributed by atoms with Crippen LogP contribution in [0.2, 0.25) is 0 Å². The molecule has 0 saturated heterocycles. The number of hydrogen-bond donors (Lipinski definition) is 1. The van der Waals surface area contributed by atoms with Crippen molar-refractivity contribution >= 4 is 33.3 Å². The fraction of sp³-hybridized carbons (Fsp3) is 0.333. The highest BCUT2D eigenvalue weighted by atomic mass is 35.5. The Kier molecular flexibility index (Phi) is 3.40. The van der Waals surface area contributed by atoms with Crippen LogP contribution in [0.1, 0.15) is 11.3 Å². The van der Waals surface area contributed by atoms with E-state index in [4.69, 9.17) is 0 Å². The summed E-state index contributed by atoms with van der Waals surface area (Å²) in [6.07, 6.45) is 2.03. The van der Waals surface area contributed by atoms with Gasteiger partial charge in [0.25, 0.3) is 0 Å². The predicted octanol–water partition coefficient (Wildman–Crippen LogP) is 1.52. The lowest BCUT2D eigenvalue weighted by atomic mass is 10.1. The first-order valence-electron chi connectivity index (χ1n) is 5.61. The van der Waals surface area contributed by atoms with E-state index in [1.807, 2.05) is 24.3 Å². The minimum Gasteiger partial charge on any atom is -0.312 e. The summed E-state index contributed by atoms with van der Waals surface area (Å²) in [5.41, 5.74) is 2.86. The molecule has 0 aliphatic carbocycles. The lowest BCUT2D eigenvalue weighted by molar-refractivity contribution is 0.586. The molecule has 0 saturated carbocycles. The summed E-state index contributed by atoms with van der Waals surface area (Å²) < 4.78 is 25.3. The van der Waals surface area contributed by atoms with E-state index in [2.05, 4.69) is 5.32 Å². The molecule has 0 unspecified atom stereocenters. The second kappa shape index (κ2) is 4.57.